The van der Waals surface area contributed by atoms with Gasteiger partial charge in [0, 0.05) is 25.8 Å². The molecule has 6 heteroatoms. The number of nitrogens with zero attached hydrogens (tertiary/aromatic N) is 2. The third kappa shape index (κ3) is 4.02. The molecular formula is C19H23N3O3. The maximum absolute atomic E-state index is 12.3. The van der Waals surface area contributed by atoms with Crippen LogP contribution in [0, 0.1) is 0 Å². The van der Waals surface area contributed by atoms with E-state index < -0.39 is 6.10 Å². The highest BCUT2D eigenvalue weighted by molar-refractivity contribution is 5.81. The Kier molecular flexibility index (Phi) is 5.38. The second-order valence-corrected chi connectivity index (χ2v) is 5.78. The number of para-hydroxylation sites is 2. The summed E-state index contributed by atoms with van der Waals surface area (Å²) < 4.78 is 11.3. The van der Waals surface area contributed by atoms with Crippen LogP contribution in [0.3, 0.4) is 0 Å². The number of amides is 1. The van der Waals surface area contributed by atoms with Gasteiger partial charge in [-0.3, -0.25) is 4.79 Å². The van der Waals surface area contributed by atoms with Gasteiger partial charge < -0.3 is 19.7 Å². The van der Waals surface area contributed by atoms with Crippen LogP contribution in [-0.4, -0.2) is 36.7 Å². The number of hydrogen-bond acceptors (Lipinski definition) is 5. The van der Waals surface area contributed by atoms with Crippen molar-refractivity contribution in [1.82, 2.24) is 10.3 Å². The highest BCUT2D eigenvalue weighted by Crippen LogP contribution is 2.30. The largest absolute Gasteiger partial charge is 0.485 e. The summed E-state index contributed by atoms with van der Waals surface area (Å²) in [6, 6.07) is 11.3. The van der Waals surface area contributed by atoms with E-state index in [0.717, 1.165) is 24.5 Å². The van der Waals surface area contributed by atoms with Crippen LogP contribution < -0.4 is 19.7 Å². The predicted octanol–water partition coefficient (Wildman–Crippen LogP) is 2.38. The lowest BCUT2D eigenvalue weighted by atomic mass is 10.2. The first kappa shape index (κ1) is 17.1. The highest BCUT2D eigenvalue weighted by Gasteiger charge is 2.26. The molecule has 0 bridgehead atoms. The van der Waals surface area contributed by atoms with Crippen molar-refractivity contribution in [2.75, 3.05) is 24.6 Å². The molecule has 2 heterocycles. The Morgan fingerprint density at radius 1 is 1.20 bits per heavy atom. The number of pyridine rings is 1. The van der Waals surface area contributed by atoms with Crippen molar-refractivity contribution in [1.29, 1.82) is 0 Å². The lowest BCUT2D eigenvalue weighted by molar-refractivity contribution is -0.130. The van der Waals surface area contributed by atoms with Crippen molar-refractivity contribution in [3.63, 3.8) is 0 Å². The summed E-state index contributed by atoms with van der Waals surface area (Å²) >= 11 is 0. The van der Waals surface area contributed by atoms with E-state index in [0.29, 0.717) is 18.0 Å². The molecule has 1 aromatic heterocycles. The molecule has 0 aliphatic carbocycles. The number of anilines is 1. The van der Waals surface area contributed by atoms with E-state index in [2.05, 4.69) is 29.0 Å². The lowest BCUT2D eigenvalue weighted by Crippen LogP contribution is -2.43. The molecule has 1 amide bonds. The molecule has 1 aliphatic rings. The molecule has 3 rings (SSSR count). The van der Waals surface area contributed by atoms with Gasteiger partial charge in [-0.2, -0.15) is 0 Å². The Labute approximate surface area is 147 Å². The van der Waals surface area contributed by atoms with E-state index in [1.165, 1.54) is 0 Å². The van der Waals surface area contributed by atoms with E-state index in [9.17, 15) is 4.79 Å². The summed E-state index contributed by atoms with van der Waals surface area (Å²) in [7, 11) is 0. The fourth-order valence-electron chi connectivity index (χ4n) is 2.71. The van der Waals surface area contributed by atoms with Gasteiger partial charge in [0.15, 0.2) is 11.5 Å². The summed E-state index contributed by atoms with van der Waals surface area (Å²) in [5.41, 5.74) is 0.946. The van der Waals surface area contributed by atoms with Crippen molar-refractivity contribution < 1.29 is 14.3 Å². The van der Waals surface area contributed by atoms with Crippen LogP contribution in [0.4, 0.5) is 5.82 Å². The van der Waals surface area contributed by atoms with Crippen LogP contribution in [0.2, 0.25) is 0 Å². The van der Waals surface area contributed by atoms with Crippen LogP contribution in [-0.2, 0) is 11.3 Å². The lowest BCUT2D eigenvalue weighted by Gasteiger charge is -2.25. The zero-order valence-corrected chi connectivity index (χ0v) is 14.6. The average Bonchev–Trinajstić information content (AvgIpc) is 2.67. The number of nitrogens with one attached hydrogen (secondary N) is 1. The molecule has 1 aliphatic heterocycles. The highest BCUT2D eigenvalue weighted by atomic mass is 16.6. The van der Waals surface area contributed by atoms with Gasteiger partial charge in [0.1, 0.15) is 12.4 Å². The Balaban J connectivity index is 1.54. The van der Waals surface area contributed by atoms with Crippen LogP contribution >= 0.6 is 0 Å². The van der Waals surface area contributed by atoms with Crippen LogP contribution in [0.1, 0.15) is 19.4 Å². The Bertz CT molecular complexity index is 714. The Morgan fingerprint density at radius 3 is 2.64 bits per heavy atom. The average molecular weight is 341 g/mol. The monoisotopic (exact) mass is 341 g/mol. The molecule has 0 spiro atoms. The smallest absolute Gasteiger partial charge is 0.264 e. The van der Waals surface area contributed by atoms with Crippen LogP contribution in [0.5, 0.6) is 11.5 Å². The number of aromatic nitrogens is 1. The Morgan fingerprint density at radius 2 is 1.96 bits per heavy atom. The number of fused-ring (bicyclic) bond motifs is 1. The molecule has 1 N–H and O–H groups in total. The molecule has 0 saturated carbocycles. The van der Waals surface area contributed by atoms with Gasteiger partial charge in [-0.15, -0.1) is 0 Å². The number of rotatable bonds is 6. The first-order valence-corrected chi connectivity index (χ1v) is 8.57. The van der Waals surface area contributed by atoms with E-state index in [4.69, 9.17) is 9.47 Å². The van der Waals surface area contributed by atoms with E-state index in [-0.39, 0.29) is 12.5 Å². The zero-order valence-electron chi connectivity index (χ0n) is 14.6. The Hall–Kier alpha value is -2.76. The SMILES string of the molecule is CCN(CC)c1ccc(CNC(=O)[C@@H]2COc3ccccc3O2)cn1. The van der Waals surface area contributed by atoms with Gasteiger partial charge in [-0.25, -0.2) is 4.98 Å². The molecule has 0 fully saturated rings. The molecule has 0 radical (unpaired) electrons. The second-order valence-electron chi connectivity index (χ2n) is 5.78. The predicted molar refractivity (Wildman–Crippen MR) is 96.0 cm³/mol. The molecule has 6 nitrogen and oxygen atoms in total. The maximum Gasteiger partial charge on any atom is 0.264 e. The minimum Gasteiger partial charge on any atom is -0.485 e. The second kappa shape index (κ2) is 7.88. The van der Waals surface area contributed by atoms with Crippen molar-refractivity contribution >= 4 is 11.7 Å². The van der Waals surface area contributed by atoms with Crippen LogP contribution in [0.15, 0.2) is 42.6 Å². The summed E-state index contributed by atoms with van der Waals surface area (Å²) in [6.45, 7) is 6.65. The molecule has 0 saturated heterocycles. The van der Waals surface area contributed by atoms with Gasteiger partial charge >= 0.3 is 0 Å². The minimum atomic E-state index is -0.641. The molecule has 1 aromatic carbocycles. The molecule has 0 unspecified atom stereocenters. The normalized spacial score (nSPS) is 15.5. The van der Waals surface area contributed by atoms with E-state index in [1.807, 2.05) is 30.3 Å². The van der Waals surface area contributed by atoms with Crippen molar-refractivity contribution in [3.8, 4) is 11.5 Å². The molecular weight excluding hydrogens is 318 g/mol. The van der Waals surface area contributed by atoms with Gasteiger partial charge in [0.25, 0.3) is 5.91 Å². The zero-order chi connectivity index (χ0) is 17.6. The molecule has 132 valence electrons. The first-order valence-electron chi connectivity index (χ1n) is 8.57. The third-order valence-electron chi connectivity index (χ3n) is 4.16. The minimum absolute atomic E-state index is 0.192. The number of ether oxygens (including phenoxy) is 2. The van der Waals surface area contributed by atoms with Gasteiger partial charge in [-0.05, 0) is 37.6 Å². The van der Waals surface area contributed by atoms with Gasteiger partial charge in [0.2, 0.25) is 6.10 Å². The van der Waals surface area contributed by atoms with Crippen LogP contribution in [0.25, 0.3) is 0 Å². The molecule has 2 aromatic rings. The summed E-state index contributed by atoms with van der Waals surface area (Å²) in [4.78, 5) is 18.9. The first-order chi connectivity index (χ1) is 12.2. The number of carbonyl (C=O) groups excluding carboxylic acids is 1. The van der Waals surface area contributed by atoms with Gasteiger partial charge in [-0.1, -0.05) is 18.2 Å². The maximum atomic E-state index is 12.3. The van der Waals surface area contributed by atoms with Crippen molar-refractivity contribution in [3.05, 3.63) is 48.2 Å². The fraction of sp³-hybridized carbons (Fsp3) is 0.368. The topological polar surface area (TPSA) is 63.7 Å². The summed E-state index contributed by atoms with van der Waals surface area (Å²) in [5, 5.41) is 2.88. The summed E-state index contributed by atoms with van der Waals surface area (Å²) in [5.74, 6) is 2.02. The van der Waals surface area contributed by atoms with E-state index >= 15 is 0 Å². The number of benzene rings is 1. The summed E-state index contributed by atoms with van der Waals surface area (Å²) in [6.07, 6.45) is 1.15. The van der Waals surface area contributed by atoms with Gasteiger partial charge in [0.05, 0.1) is 0 Å². The van der Waals surface area contributed by atoms with Crippen molar-refractivity contribution in [2.24, 2.45) is 0 Å². The fourth-order valence-corrected chi connectivity index (χ4v) is 2.71. The quantitative estimate of drug-likeness (QED) is 0.874. The number of hydrogen-bond donors (Lipinski definition) is 1. The van der Waals surface area contributed by atoms with Crippen molar-refractivity contribution in [2.45, 2.75) is 26.5 Å². The molecule has 1 atom stereocenters. The number of carbonyl (C=O) groups is 1. The van der Waals surface area contributed by atoms with E-state index in [1.54, 1.807) is 12.3 Å². The standard InChI is InChI=1S/C19H23N3O3/c1-3-22(4-2)18-10-9-14(11-20-18)12-21-19(23)17-13-24-15-7-5-6-8-16(15)25-17/h5-11,17H,3-4,12-13H2,1-2H3,(H,21,23)/t17-/m0/s1. The molecule has 25 heavy (non-hydrogen) atoms. The third-order valence-corrected chi connectivity index (χ3v) is 4.16.